The van der Waals surface area contributed by atoms with Crippen LogP contribution in [-0.2, 0) is 29.3 Å². The fraction of sp³-hybridized carbons (Fsp3) is 0.324. The summed E-state index contributed by atoms with van der Waals surface area (Å²) in [6.45, 7) is 11.8. The van der Waals surface area contributed by atoms with Gasteiger partial charge in [0.25, 0.3) is 0 Å². The molecule has 2 heterocycles. The van der Waals surface area contributed by atoms with Crippen molar-refractivity contribution in [3.05, 3.63) is 107 Å². The van der Waals surface area contributed by atoms with Gasteiger partial charge in [0.05, 0.1) is 49.3 Å². The van der Waals surface area contributed by atoms with Gasteiger partial charge in [0.1, 0.15) is 17.6 Å². The molecule has 222 valence electrons. The monoisotopic (exact) mass is 578 g/mol. The maximum Gasteiger partial charge on any atom is 0.231 e. The number of hydrogen-bond acceptors (Lipinski definition) is 7. The van der Waals surface area contributed by atoms with Crippen LogP contribution in [0.5, 0.6) is 5.75 Å². The summed E-state index contributed by atoms with van der Waals surface area (Å²) in [5, 5.41) is 11.9. The molecule has 0 saturated heterocycles. The van der Waals surface area contributed by atoms with Crippen LogP contribution in [0.15, 0.2) is 73.3 Å². The summed E-state index contributed by atoms with van der Waals surface area (Å²) < 4.78 is 13.3. The Hall–Kier alpha value is -4.63. The molecule has 2 aromatic heterocycles. The highest BCUT2D eigenvalue weighted by Crippen LogP contribution is 2.44. The lowest BCUT2D eigenvalue weighted by Crippen LogP contribution is -2.37. The molecule has 0 bridgehead atoms. The number of rotatable bonds is 11. The third kappa shape index (κ3) is 6.27. The second-order valence-corrected chi connectivity index (χ2v) is 11.3. The number of methoxy groups -OCH3 is 1. The first-order valence-electron chi connectivity index (χ1n) is 14.4. The zero-order chi connectivity index (χ0) is 30.6. The number of ether oxygens (including phenoxy) is 2. The molecule has 0 spiro atoms. The number of benzene rings is 3. The van der Waals surface area contributed by atoms with Crippen molar-refractivity contribution >= 4 is 22.6 Å². The summed E-state index contributed by atoms with van der Waals surface area (Å²) in [5.41, 5.74) is 7.80. The van der Waals surface area contributed by atoms with E-state index in [0.717, 1.165) is 56.7 Å². The van der Waals surface area contributed by atoms with E-state index in [0.29, 0.717) is 18.9 Å². The van der Waals surface area contributed by atoms with Crippen LogP contribution in [0.4, 0.5) is 5.69 Å². The highest BCUT2D eigenvalue weighted by molar-refractivity contribution is 5.96. The Kier molecular flexibility index (Phi) is 8.82. The smallest absolute Gasteiger partial charge is 0.231 e. The van der Waals surface area contributed by atoms with Gasteiger partial charge in [-0.2, -0.15) is 0 Å². The number of amides is 1. The van der Waals surface area contributed by atoms with Crippen LogP contribution in [0.3, 0.4) is 0 Å². The molecule has 0 aliphatic heterocycles. The molecule has 5 aromatic rings. The van der Waals surface area contributed by atoms with Gasteiger partial charge in [-0.15, -0.1) is 5.10 Å². The Morgan fingerprint density at radius 1 is 1.00 bits per heavy atom. The Morgan fingerprint density at radius 2 is 1.74 bits per heavy atom. The van der Waals surface area contributed by atoms with E-state index in [-0.39, 0.29) is 11.8 Å². The van der Waals surface area contributed by atoms with Gasteiger partial charge < -0.3 is 14.8 Å². The SMILES string of the molecule is CCn1nnc2c(C)c([C@H](c3ccc(C)c(COCc4ccc(OC)cc4)c3)C(C)(C)C(=O)Nc3cncnc3)ccc21. The van der Waals surface area contributed by atoms with E-state index in [4.69, 9.17) is 9.47 Å². The van der Waals surface area contributed by atoms with Crippen molar-refractivity contribution in [1.29, 1.82) is 0 Å². The largest absolute Gasteiger partial charge is 0.497 e. The third-order valence-electron chi connectivity index (χ3n) is 8.11. The van der Waals surface area contributed by atoms with Gasteiger partial charge in [-0.25, -0.2) is 14.6 Å². The fourth-order valence-corrected chi connectivity index (χ4v) is 5.53. The molecule has 0 radical (unpaired) electrons. The molecule has 9 nitrogen and oxygen atoms in total. The molecule has 5 rings (SSSR count). The van der Waals surface area contributed by atoms with E-state index < -0.39 is 5.41 Å². The fourth-order valence-electron chi connectivity index (χ4n) is 5.53. The predicted octanol–water partition coefficient (Wildman–Crippen LogP) is 6.38. The average Bonchev–Trinajstić information content (AvgIpc) is 3.44. The highest BCUT2D eigenvalue weighted by Gasteiger charge is 2.40. The van der Waals surface area contributed by atoms with E-state index in [1.807, 2.05) is 49.7 Å². The number of anilines is 1. The number of aryl methyl sites for hydroxylation is 3. The minimum atomic E-state index is -0.870. The van der Waals surface area contributed by atoms with Crippen molar-refractivity contribution in [2.75, 3.05) is 12.4 Å². The summed E-state index contributed by atoms with van der Waals surface area (Å²) in [6, 6.07) is 18.4. The minimum Gasteiger partial charge on any atom is -0.497 e. The van der Waals surface area contributed by atoms with Crippen LogP contribution in [0.25, 0.3) is 11.0 Å². The molecule has 1 amide bonds. The Labute approximate surface area is 252 Å². The number of fused-ring (bicyclic) bond motifs is 1. The molecule has 0 aliphatic carbocycles. The second kappa shape index (κ2) is 12.7. The van der Waals surface area contributed by atoms with Gasteiger partial charge in [-0.3, -0.25) is 4.79 Å². The van der Waals surface area contributed by atoms with Gasteiger partial charge in [-0.1, -0.05) is 55.5 Å². The number of nitrogens with zero attached hydrogens (tertiary/aromatic N) is 5. The molecule has 0 unspecified atom stereocenters. The quantitative estimate of drug-likeness (QED) is 0.194. The van der Waals surface area contributed by atoms with Crippen molar-refractivity contribution in [3.8, 4) is 5.75 Å². The van der Waals surface area contributed by atoms with Gasteiger partial charge in [0.2, 0.25) is 5.91 Å². The normalized spacial score (nSPS) is 12.3. The van der Waals surface area contributed by atoms with E-state index >= 15 is 0 Å². The molecule has 1 N–H and O–H groups in total. The highest BCUT2D eigenvalue weighted by atomic mass is 16.5. The average molecular weight is 579 g/mol. The lowest BCUT2D eigenvalue weighted by molar-refractivity contribution is -0.124. The number of hydrogen-bond donors (Lipinski definition) is 1. The molecule has 3 aromatic carbocycles. The standard InChI is InChI=1S/C34H38N6O3/c1-7-40-30-15-14-29(23(3)32(30)38-39-40)31(34(4,5)33(41)37-27-17-35-21-36-18-27)25-11-8-22(2)26(16-25)20-43-19-24-9-12-28(42-6)13-10-24/h8-18,21,31H,7,19-20H2,1-6H3,(H,37,41)/t31-/m0/s1. The summed E-state index contributed by atoms with van der Waals surface area (Å²) in [7, 11) is 1.66. The first kappa shape index (κ1) is 29.8. The van der Waals surface area contributed by atoms with Crippen LogP contribution in [-0.4, -0.2) is 38.0 Å². The predicted molar refractivity (Wildman–Crippen MR) is 167 cm³/mol. The Morgan fingerprint density at radius 3 is 2.44 bits per heavy atom. The summed E-state index contributed by atoms with van der Waals surface area (Å²) in [6.07, 6.45) is 4.64. The Bertz CT molecular complexity index is 1710. The van der Waals surface area contributed by atoms with Gasteiger partial charge in [-0.05, 0) is 72.4 Å². The van der Waals surface area contributed by atoms with Gasteiger partial charge >= 0.3 is 0 Å². The van der Waals surface area contributed by atoms with Crippen LogP contribution in [0, 0.1) is 19.3 Å². The number of carbonyl (C=O) groups excluding carboxylic acids is 1. The van der Waals surface area contributed by atoms with Crippen LogP contribution < -0.4 is 10.1 Å². The van der Waals surface area contributed by atoms with E-state index in [1.165, 1.54) is 6.33 Å². The molecule has 0 aliphatic rings. The Balaban J connectivity index is 1.51. The second-order valence-electron chi connectivity index (χ2n) is 11.3. The maximum absolute atomic E-state index is 13.9. The number of aromatic nitrogens is 5. The van der Waals surface area contributed by atoms with Crippen molar-refractivity contribution in [1.82, 2.24) is 25.0 Å². The first-order valence-corrected chi connectivity index (χ1v) is 14.4. The molecule has 0 fully saturated rings. The lowest BCUT2D eigenvalue weighted by atomic mass is 9.69. The third-order valence-corrected chi connectivity index (χ3v) is 8.11. The maximum atomic E-state index is 13.9. The summed E-state index contributed by atoms with van der Waals surface area (Å²) in [4.78, 5) is 22.1. The molecule has 1 atom stereocenters. The molecule has 43 heavy (non-hydrogen) atoms. The van der Waals surface area contributed by atoms with E-state index in [2.05, 4.69) is 69.8 Å². The van der Waals surface area contributed by atoms with Crippen molar-refractivity contribution < 1.29 is 14.3 Å². The van der Waals surface area contributed by atoms with Crippen LogP contribution in [0.1, 0.15) is 60.1 Å². The summed E-state index contributed by atoms with van der Waals surface area (Å²) in [5.74, 6) is 0.381. The molecule has 0 saturated carbocycles. The van der Waals surface area contributed by atoms with E-state index in [9.17, 15) is 4.79 Å². The number of carbonyl (C=O) groups is 1. The lowest BCUT2D eigenvalue weighted by Gasteiger charge is -2.35. The van der Waals surface area contributed by atoms with Crippen LogP contribution >= 0.6 is 0 Å². The topological polar surface area (TPSA) is 104 Å². The van der Waals surface area contributed by atoms with Crippen molar-refractivity contribution in [3.63, 3.8) is 0 Å². The number of nitrogens with one attached hydrogen (secondary N) is 1. The van der Waals surface area contributed by atoms with Gasteiger partial charge in [0, 0.05) is 12.5 Å². The zero-order valence-electron chi connectivity index (χ0n) is 25.6. The molecule has 9 heteroatoms. The van der Waals surface area contributed by atoms with Crippen molar-refractivity contribution in [2.24, 2.45) is 5.41 Å². The minimum absolute atomic E-state index is 0.137. The molecular weight excluding hydrogens is 540 g/mol. The van der Waals surface area contributed by atoms with Crippen molar-refractivity contribution in [2.45, 2.75) is 60.3 Å². The van der Waals surface area contributed by atoms with Crippen LogP contribution in [0.2, 0.25) is 0 Å². The van der Waals surface area contributed by atoms with E-state index in [1.54, 1.807) is 19.5 Å². The molecular formula is C34H38N6O3. The van der Waals surface area contributed by atoms with Gasteiger partial charge in [0.15, 0.2) is 0 Å². The zero-order valence-corrected chi connectivity index (χ0v) is 25.6. The first-order chi connectivity index (χ1) is 20.7. The summed E-state index contributed by atoms with van der Waals surface area (Å²) >= 11 is 0.